The molecule has 3 aromatic rings. The lowest BCUT2D eigenvalue weighted by atomic mass is 10.2. The zero-order chi connectivity index (χ0) is 13.2. The minimum atomic E-state index is 0.710. The van der Waals surface area contributed by atoms with Gasteiger partial charge in [0, 0.05) is 11.4 Å². The van der Waals surface area contributed by atoms with Crippen molar-refractivity contribution >= 4 is 27.4 Å². The van der Waals surface area contributed by atoms with E-state index in [1.165, 1.54) is 4.88 Å². The normalized spacial score (nSPS) is 11.1. The van der Waals surface area contributed by atoms with Crippen molar-refractivity contribution in [1.29, 1.82) is 0 Å². The second-order valence-electron chi connectivity index (χ2n) is 4.22. The fourth-order valence-electron chi connectivity index (χ4n) is 1.97. The van der Waals surface area contributed by atoms with Gasteiger partial charge in [-0.05, 0) is 25.5 Å². The van der Waals surface area contributed by atoms with Gasteiger partial charge in [-0.15, -0.1) is 11.3 Å². The van der Waals surface area contributed by atoms with Crippen molar-refractivity contribution in [2.24, 2.45) is 0 Å². The van der Waals surface area contributed by atoms with E-state index in [1.54, 1.807) is 23.9 Å². The number of nitrogens with zero attached hydrogens (tertiary/aromatic N) is 2. The van der Waals surface area contributed by atoms with Gasteiger partial charge < -0.3 is 9.73 Å². The van der Waals surface area contributed by atoms with E-state index >= 15 is 0 Å². The Bertz CT molecular complexity index is 688. The highest BCUT2D eigenvalue weighted by atomic mass is 32.1. The molecule has 5 heteroatoms. The zero-order valence-corrected chi connectivity index (χ0v) is 11.8. The van der Waals surface area contributed by atoms with Crippen LogP contribution >= 0.6 is 11.3 Å². The first kappa shape index (κ1) is 12.2. The maximum atomic E-state index is 5.11. The molecule has 3 rings (SSSR count). The summed E-state index contributed by atoms with van der Waals surface area (Å²) in [7, 11) is 0. The Balaban J connectivity index is 2.20. The summed E-state index contributed by atoms with van der Waals surface area (Å²) in [5, 5.41) is 4.42. The van der Waals surface area contributed by atoms with E-state index in [1.807, 2.05) is 6.07 Å². The van der Waals surface area contributed by atoms with Crippen molar-refractivity contribution in [2.45, 2.75) is 20.3 Å². The lowest BCUT2D eigenvalue weighted by Crippen LogP contribution is -2.01. The summed E-state index contributed by atoms with van der Waals surface area (Å²) in [5.74, 6) is 1.61. The van der Waals surface area contributed by atoms with Gasteiger partial charge in [0.2, 0.25) is 0 Å². The van der Waals surface area contributed by atoms with Crippen molar-refractivity contribution in [2.75, 3.05) is 11.9 Å². The SMILES string of the molecule is CCNc1nc(-c2ccoc2)nc2sc(CC)cc12. The minimum absolute atomic E-state index is 0.710. The van der Waals surface area contributed by atoms with Crippen LogP contribution in [0.1, 0.15) is 18.7 Å². The summed E-state index contributed by atoms with van der Waals surface area (Å²) in [6.07, 6.45) is 4.33. The smallest absolute Gasteiger partial charge is 0.166 e. The van der Waals surface area contributed by atoms with E-state index in [0.717, 1.165) is 34.6 Å². The molecule has 3 heterocycles. The minimum Gasteiger partial charge on any atom is -0.472 e. The van der Waals surface area contributed by atoms with Crippen LogP contribution in [0.15, 0.2) is 29.1 Å². The summed E-state index contributed by atoms with van der Waals surface area (Å²) in [6, 6.07) is 4.06. The van der Waals surface area contributed by atoms with Crippen LogP contribution in [0.2, 0.25) is 0 Å². The summed E-state index contributed by atoms with van der Waals surface area (Å²) >= 11 is 1.73. The van der Waals surface area contributed by atoms with Gasteiger partial charge in [-0.3, -0.25) is 0 Å². The van der Waals surface area contributed by atoms with Crippen LogP contribution in [0.25, 0.3) is 21.6 Å². The summed E-state index contributed by atoms with van der Waals surface area (Å²) in [4.78, 5) is 11.6. The Morgan fingerprint density at radius 1 is 1.32 bits per heavy atom. The molecule has 0 bridgehead atoms. The average Bonchev–Trinajstić information content (AvgIpc) is 3.07. The highest BCUT2D eigenvalue weighted by Crippen LogP contribution is 2.31. The molecule has 0 amide bonds. The predicted molar refractivity (Wildman–Crippen MR) is 78.7 cm³/mol. The predicted octanol–water partition coefficient (Wildman–Crippen LogP) is 3.95. The molecule has 4 nitrogen and oxygen atoms in total. The van der Waals surface area contributed by atoms with Gasteiger partial charge in [0.25, 0.3) is 0 Å². The fourth-order valence-corrected chi connectivity index (χ4v) is 2.94. The van der Waals surface area contributed by atoms with Gasteiger partial charge >= 0.3 is 0 Å². The maximum Gasteiger partial charge on any atom is 0.166 e. The van der Waals surface area contributed by atoms with Crippen LogP contribution in [-0.4, -0.2) is 16.5 Å². The molecular weight excluding hydrogens is 258 g/mol. The number of hydrogen-bond donors (Lipinski definition) is 1. The van der Waals surface area contributed by atoms with E-state index in [9.17, 15) is 0 Å². The number of anilines is 1. The molecule has 0 radical (unpaired) electrons. The Kier molecular flexibility index (Phi) is 3.21. The Hall–Kier alpha value is -1.88. The number of nitrogens with one attached hydrogen (secondary N) is 1. The second-order valence-corrected chi connectivity index (χ2v) is 5.34. The molecule has 19 heavy (non-hydrogen) atoms. The molecule has 0 spiro atoms. The van der Waals surface area contributed by atoms with E-state index in [0.29, 0.717) is 5.82 Å². The third-order valence-electron chi connectivity index (χ3n) is 2.92. The highest BCUT2D eigenvalue weighted by molar-refractivity contribution is 7.18. The van der Waals surface area contributed by atoms with E-state index in [2.05, 4.69) is 35.2 Å². The largest absolute Gasteiger partial charge is 0.472 e. The van der Waals surface area contributed by atoms with Crippen molar-refractivity contribution < 1.29 is 4.42 Å². The van der Waals surface area contributed by atoms with Crippen LogP contribution in [0.3, 0.4) is 0 Å². The molecule has 98 valence electrons. The second kappa shape index (κ2) is 5.01. The monoisotopic (exact) mass is 273 g/mol. The van der Waals surface area contributed by atoms with Crippen molar-refractivity contribution in [3.63, 3.8) is 0 Å². The van der Waals surface area contributed by atoms with Crippen LogP contribution in [0, 0.1) is 0 Å². The molecule has 0 atom stereocenters. The van der Waals surface area contributed by atoms with Gasteiger partial charge in [-0.25, -0.2) is 9.97 Å². The van der Waals surface area contributed by atoms with E-state index < -0.39 is 0 Å². The average molecular weight is 273 g/mol. The summed E-state index contributed by atoms with van der Waals surface area (Å²) < 4.78 is 5.11. The van der Waals surface area contributed by atoms with Gasteiger partial charge in [-0.2, -0.15) is 0 Å². The molecule has 0 unspecified atom stereocenters. The third kappa shape index (κ3) is 2.21. The third-order valence-corrected chi connectivity index (χ3v) is 4.09. The van der Waals surface area contributed by atoms with Gasteiger partial charge in [0.15, 0.2) is 5.82 Å². The van der Waals surface area contributed by atoms with Crippen LogP contribution in [0.5, 0.6) is 0 Å². The Morgan fingerprint density at radius 3 is 2.89 bits per heavy atom. The molecule has 1 N–H and O–H groups in total. The standard InChI is InChI=1S/C14H15N3OS/c1-3-10-7-11-13(15-4-2)16-12(17-14(11)19-10)9-5-6-18-8-9/h5-8H,3-4H2,1-2H3,(H,15,16,17). The first-order valence-electron chi connectivity index (χ1n) is 6.38. The summed E-state index contributed by atoms with van der Waals surface area (Å²) in [6.45, 7) is 5.06. The number of rotatable bonds is 4. The lowest BCUT2D eigenvalue weighted by Gasteiger charge is -2.05. The van der Waals surface area contributed by atoms with Crippen LogP contribution in [0.4, 0.5) is 5.82 Å². The Labute approximate surface area is 115 Å². The number of fused-ring (bicyclic) bond motifs is 1. The topological polar surface area (TPSA) is 51.0 Å². The molecule has 3 aromatic heterocycles. The number of thiophene rings is 1. The molecule has 0 aliphatic heterocycles. The molecule has 0 aliphatic rings. The molecule has 0 aliphatic carbocycles. The van der Waals surface area contributed by atoms with Crippen molar-refractivity contribution in [3.05, 3.63) is 29.5 Å². The summed E-state index contributed by atoms with van der Waals surface area (Å²) in [5.41, 5.74) is 0.910. The maximum absolute atomic E-state index is 5.11. The molecule has 0 aromatic carbocycles. The van der Waals surface area contributed by atoms with Crippen LogP contribution < -0.4 is 5.32 Å². The molecular formula is C14H15N3OS. The highest BCUT2D eigenvalue weighted by Gasteiger charge is 2.12. The quantitative estimate of drug-likeness (QED) is 0.782. The number of aromatic nitrogens is 2. The van der Waals surface area contributed by atoms with Gasteiger partial charge in [0.1, 0.15) is 16.9 Å². The molecule has 0 saturated carbocycles. The fraction of sp³-hybridized carbons (Fsp3) is 0.286. The lowest BCUT2D eigenvalue weighted by molar-refractivity contribution is 0.568. The van der Waals surface area contributed by atoms with Crippen molar-refractivity contribution in [1.82, 2.24) is 9.97 Å². The van der Waals surface area contributed by atoms with Crippen molar-refractivity contribution in [3.8, 4) is 11.4 Å². The molecule has 0 fully saturated rings. The van der Waals surface area contributed by atoms with Crippen LogP contribution in [-0.2, 0) is 6.42 Å². The number of aryl methyl sites for hydroxylation is 1. The number of hydrogen-bond acceptors (Lipinski definition) is 5. The van der Waals surface area contributed by atoms with Gasteiger partial charge in [0.05, 0.1) is 17.2 Å². The number of furan rings is 1. The Morgan fingerprint density at radius 2 is 2.21 bits per heavy atom. The van der Waals surface area contributed by atoms with Gasteiger partial charge in [-0.1, -0.05) is 6.92 Å². The first-order valence-corrected chi connectivity index (χ1v) is 7.20. The zero-order valence-electron chi connectivity index (χ0n) is 10.9. The van der Waals surface area contributed by atoms with E-state index in [-0.39, 0.29) is 0 Å². The first-order chi connectivity index (χ1) is 9.31. The molecule has 0 saturated heterocycles. The van der Waals surface area contributed by atoms with E-state index in [4.69, 9.17) is 4.42 Å².